The van der Waals surface area contributed by atoms with E-state index in [1.54, 1.807) is 30.1 Å². The Kier molecular flexibility index (Phi) is 4.24. The molecule has 1 heterocycles. The third kappa shape index (κ3) is 3.58. The molecule has 6 nitrogen and oxygen atoms in total. The molecule has 0 fully saturated rings. The van der Waals surface area contributed by atoms with Crippen LogP contribution in [0.2, 0.25) is 0 Å². The molecule has 0 bridgehead atoms. The van der Waals surface area contributed by atoms with Crippen molar-refractivity contribution < 1.29 is 4.74 Å². The number of benzene rings is 1. The van der Waals surface area contributed by atoms with E-state index >= 15 is 0 Å². The van der Waals surface area contributed by atoms with Gasteiger partial charge in [0, 0.05) is 18.2 Å². The van der Waals surface area contributed by atoms with Crippen LogP contribution >= 0.6 is 0 Å². The van der Waals surface area contributed by atoms with E-state index in [0.717, 1.165) is 11.4 Å². The highest BCUT2D eigenvalue weighted by atomic mass is 16.5. The quantitative estimate of drug-likeness (QED) is 0.930. The maximum atomic E-state index is 8.96. The lowest BCUT2D eigenvalue weighted by Gasteiger charge is -2.20. The summed E-state index contributed by atoms with van der Waals surface area (Å²) in [5.74, 6) is 0.594. The molecule has 0 radical (unpaired) electrons. The lowest BCUT2D eigenvalue weighted by Crippen LogP contribution is -2.35. The zero-order chi connectivity index (χ0) is 15.5. The van der Waals surface area contributed by atoms with Crippen molar-refractivity contribution in [2.75, 3.05) is 7.11 Å². The van der Waals surface area contributed by atoms with Gasteiger partial charge in [0.1, 0.15) is 11.4 Å². The fourth-order valence-electron chi connectivity index (χ4n) is 1.86. The van der Waals surface area contributed by atoms with E-state index < -0.39 is 0 Å². The molecule has 0 aliphatic rings. The molecule has 1 N–H and O–H groups in total. The van der Waals surface area contributed by atoms with Crippen molar-refractivity contribution in [1.29, 1.82) is 5.26 Å². The molecule has 0 unspecified atom stereocenters. The SMILES string of the molecule is COc1cc(C#N)ccc1-n1nncc1CNC(C)(C)C. The fraction of sp³-hybridized carbons (Fsp3) is 0.400. The van der Waals surface area contributed by atoms with Crippen molar-refractivity contribution in [3.05, 3.63) is 35.7 Å². The first-order chi connectivity index (χ1) is 9.94. The molecule has 2 aromatic rings. The number of nitrogens with zero attached hydrogens (tertiary/aromatic N) is 4. The highest BCUT2D eigenvalue weighted by Gasteiger charge is 2.15. The van der Waals surface area contributed by atoms with Crippen LogP contribution in [-0.4, -0.2) is 27.6 Å². The van der Waals surface area contributed by atoms with Crippen LogP contribution in [0.15, 0.2) is 24.4 Å². The summed E-state index contributed by atoms with van der Waals surface area (Å²) >= 11 is 0. The van der Waals surface area contributed by atoms with Gasteiger partial charge in [0.05, 0.1) is 30.6 Å². The number of methoxy groups -OCH3 is 1. The predicted molar refractivity (Wildman–Crippen MR) is 79.2 cm³/mol. The Morgan fingerprint density at radius 2 is 2.14 bits per heavy atom. The van der Waals surface area contributed by atoms with Crippen LogP contribution in [0.5, 0.6) is 5.75 Å². The van der Waals surface area contributed by atoms with E-state index in [0.29, 0.717) is 17.9 Å². The zero-order valence-corrected chi connectivity index (χ0v) is 12.7. The van der Waals surface area contributed by atoms with Gasteiger partial charge in [-0.1, -0.05) is 5.21 Å². The van der Waals surface area contributed by atoms with Gasteiger partial charge in [-0.2, -0.15) is 5.26 Å². The van der Waals surface area contributed by atoms with Crippen LogP contribution in [0.3, 0.4) is 0 Å². The van der Waals surface area contributed by atoms with Crippen LogP contribution in [0.1, 0.15) is 32.0 Å². The molecule has 21 heavy (non-hydrogen) atoms. The van der Waals surface area contributed by atoms with Crippen LogP contribution < -0.4 is 10.1 Å². The van der Waals surface area contributed by atoms with E-state index in [4.69, 9.17) is 10.00 Å². The summed E-state index contributed by atoms with van der Waals surface area (Å²) in [6.07, 6.45) is 1.72. The molecule has 0 atom stereocenters. The molecule has 0 aliphatic heterocycles. The number of ether oxygens (including phenoxy) is 1. The highest BCUT2D eigenvalue weighted by molar-refractivity contribution is 5.51. The van der Waals surface area contributed by atoms with Crippen LogP contribution in [0.25, 0.3) is 5.69 Å². The number of nitrogens with one attached hydrogen (secondary N) is 1. The maximum Gasteiger partial charge on any atom is 0.145 e. The summed E-state index contributed by atoms with van der Waals surface area (Å²) in [5.41, 5.74) is 2.24. The monoisotopic (exact) mass is 285 g/mol. The number of hydrogen-bond acceptors (Lipinski definition) is 5. The number of aromatic nitrogens is 3. The summed E-state index contributed by atoms with van der Waals surface area (Å²) in [6.45, 7) is 6.94. The molecular formula is C15H19N5O. The second kappa shape index (κ2) is 5.94. The first kappa shape index (κ1) is 15.0. The van der Waals surface area contributed by atoms with Gasteiger partial charge >= 0.3 is 0 Å². The van der Waals surface area contributed by atoms with E-state index in [-0.39, 0.29) is 5.54 Å². The van der Waals surface area contributed by atoms with Gasteiger partial charge < -0.3 is 10.1 Å². The Balaban J connectivity index is 2.35. The van der Waals surface area contributed by atoms with Gasteiger partial charge in [0.2, 0.25) is 0 Å². The Morgan fingerprint density at radius 1 is 1.38 bits per heavy atom. The lowest BCUT2D eigenvalue weighted by molar-refractivity contribution is 0.406. The van der Waals surface area contributed by atoms with E-state index in [1.165, 1.54) is 0 Å². The number of hydrogen-bond donors (Lipinski definition) is 1. The smallest absolute Gasteiger partial charge is 0.145 e. The summed E-state index contributed by atoms with van der Waals surface area (Å²) in [4.78, 5) is 0. The molecule has 1 aromatic heterocycles. The molecule has 110 valence electrons. The molecule has 6 heteroatoms. The van der Waals surface area contributed by atoms with Crippen molar-refractivity contribution in [3.8, 4) is 17.5 Å². The van der Waals surface area contributed by atoms with Crippen LogP contribution in [-0.2, 0) is 6.54 Å². The Labute approximate surface area is 124 Å². The molecule has 0 spiro atoms. The number of rotatable bonds is 4. The molecule has 0 aliphatic carbocycles. The van der Waals surface area contributed by atoms with Crippen molar-refractivity contribution >= 4 is 0 Å². The topological polar surface area (TPSA) is 75.8 Å². The summed E-state index contributed by atoms with van der Waals surface area (Å²) in [7, 11) is 1.57. The van der Waals surface area contributed by atoms with E-state index in [2.05, 4.69) is 42.5 Å². The minimum Gasteiger partial charge on any atom is -0.494 e. The Bertz CT molecular complexity index is 663. The summed E-state index contributed by atoms with van der Waals surface area (Å²) in [5, 5.41) is 20.4. The molecule has 0 saturated heterocycles. The molecule has 2 rings (SSSR count). The van der Waals surface area contributed by atoms with Crippen molar-refractivity contribution in [1.82, 2.24) is 20.3 Å². The van der Waals surface area contributed by atoms with Crippen LogP contribution in [0, 0.1) is 11.3 Å². The average molecular weight is 285 g/mol. The van der Waals surface area contributed by atoms with Crippen molar-refractivity contribution in [3.63, 3.8) is 0 Å². The molecular weight excluding hydrogens is 266 g/mol. The maximum absolute atomic E-state index is 8.96. The van der Waals surface area contributed by atoms with Gasteiger partial charge in [-0.3, -0.25) is 0 Å². The van der Waals surface area contributed by atoms with Crippen molar-refractivity contribution in [2.45, 2.75) is 32.9 Å². The molecule has 0 amide bonds. The lowest BCUT2D eigenvalue weighted by atomic mass is 10.1. The minimum absolute atomic E-state index is 0.00382. The fourth-order valence-corrected chi connectivity index (χ4v) is 1.86. The average Bonchev–Trinajstić information content (AvgIpc) is 2.91. The van der Waals surface area contributed by atoms with Gasteiger partial charge in [-0.05, 0) is 32.9 Å². The third-order valence-corrected chi connectivity index (χ3v) is 2.96. The van der Waals surface area contributed by atoms with E-state index in [9.17, 15) is 0 Å². The third-order valence-electron chi connectivity index (χ3n) is 2.96. The first-order valence-corrected chi connectivity index (χ1v) is 6.68. The predicted octanol–water partition coefficient (Wildman–Crippen LogP) is 2.04. The molecule has 1 aromatic carbocycles. The minimum atomic E-state index is 0.00382. The normalized spacial score (nSPS) is 11.2. The molecule has 0 saturated carbocycles. The summed E-state index contributed by atoms with van der Waals surface area (Å²) in [6, 6.07) is 7.34. The van der Waals surface area contributed by atoms with Crippen LogP contribution in [0.4, 0.5) is 0 Å². The first-order valence-electron chi connectivity index (χ1n) is 6.68. The van der Waals surface area contributed by atoms with Gasteiger partial charge in [-0.25, -0.2) is 4.68 Å². The van der Waals surface area contributed by atoms with Gasteiger partial charge in [0.15, 0.2) is 0 Å². The second-order valence-electron chi connectivity index (χ2n) is 5.74. The summed E-state index contributed by atoms with van der Waals surface area (Å²) < 4.78 is 7.07. The van der Waals surface area contributed by atoms with Crippen molar-refractivity contribution in [2.24, 2.45) is 0 Å². The zero-order valence-electron chi connectivity index (χ0n) is 12.7. The van der Waals surface area contributed by atoms with Gasteiger partial charge in [-0.15, -0.1) is 5.10 Å². The number of nitriles is 1. The second-order valence-corrected chi connectivity index (χ2v) is 5.74. The van der Waals surface area contributed by atoms with Gasteiger partial charge in [0.25, 0.3) is 0 Å². The Morgan fingerprint density at radius 3 is 2.76 bits per heavy atom. The van der Waals surface area contributed by atoms with E-state index in [1.807, 2.05) is 6.07 Å². The standard InChI is InChI=1S/C15H19N5O/c1-15(2,3)17-9-12-10-18-19-20(12)13-6-5-11(8-16)7-14(13)21-4/h5-7,10,17H,9H2,1-4H3. The highest BCUT2D eigenvalue weighted by Crippen LogP contribution is 2.24. The Hall–Kier alpha value is -2.39. The largest absolute Gasteiger partial charge is 0.494 e.